The lowest BCUT2D eigenvalue weighted by Gasteiger charge is -2.24. The van der Waals surface area contributed by atoms with E-state index in [9.17, 15) is 18.8 Å². The Kier molecular flexibility index (Phi) is 8.16. The molecule has 8 nitrogen and oxygen atoms in total. The van der Waals surface area contributed by atoms with Gasteiger partial charge in [-0.05, 0) is 36.2 Å². The van der Waals surface area contributed by atoms with Crippen LogP contribution >= 0.6 is 11.6 Å². The topological polar surface area (TPSA) is 97.2 Å². The summed E-state index contributed by atoms with van der Waals surface area (Å²) in [5, 5.41) is 3.57. The average molecular weight is 628 g/mol. The van der Waals surface area contributed by atoms with Gasteiger partial charge >= 0.3 is 0 Å². The van der Waals surface area contributed by atoms with Crippen LogP contribution in [0.4, 0.5) is 14.5 Å². The zero-order chi connectivity index (χ0) is 31.8. The molecule has 2 amide bonds. The number of amides is 2. The summed E-state index contributed by atoms with van der Waals surface area (Å²) in [6.45, 7) is 2.93. The van der Waals surface area contributed by atoms with Crippen molar-refractivity contribution in [2.75, 3.05) is 11.9 Å². The zero-order valence-corrected chi connectivity index (χ0v) is 25.2. The minimum absolute atomic E-state index is 0.105. The summed E-state index contributed by atoms with van der Waals surface area (Å²) in [6, 6.07) is 15.6. The highest BCUT2D eigenvalue weighted by atomic mass is 35.5. The SMILES string of the molecule is CC(=O)n1cc(CC(=O)N2C[C@H](F)C[C@H]2C(=O)Nc2cccc(-c3ccccc3Cl)c2F)c2ccc(-c3cnc(C)nc3)cc21. The third kappa shape index (κ3) is 5.93. The molecule has 0 bridgehead atoms. The minimum atomic E-state index is -1.43. The van der Waals surface area contributed by atoms with Gasteiger partial charge in [0, 0.05) is 59.0 Å². The van der Waals surface area contributed by atoms with Gasteiger partial charge in [-0.3, -0.25) is 19.0 Å². The van der Waals surface area contributed by atoms with E-state index >= 15 is 4.39 Å². The molecule has 3 heterocycles. The molecule has 5 aromatic rings. The first-order valence-corrected chi connectivity index (χ1v) is 14.7. The molecule has 45 heavy (non-hydrogen) atoms. The van der Waals surface area contributed by atoms with Crippen molar-refractivity contribution in [3.8, 4) is 22.3 Å². The number of halogens is 3. The Morgan fingerprint density at radius 2 is 1.73 bits per heavy atom. The molecule has 2 aromatic heterocycles. The van der Waals surface area contributed by atoms with E-state index < -0.39 is 29.8 Å². The highest BCUT2D eigenvalue weighted by molar-refractivity contribution is 6.33. The van der Waals surface area contributed by atoms with Gasteiger partial charge in [-0.15, -0.1) is 0 Å². The Labute approximate surface area is 262 Å². The summed E-state index contributed by atoms with van der Waals surface area (Å²) < 4.78 is 31.7. The molecule has 1 fully saturated rings. The fourth-order valence-electron chi connectivity index (χ4n) is 5.73. The van der Waals surface area contributed by atoms with E-state index in [1.54, 1.807) is 61.9 Å². The fraction of sp³-hybridized carbons (Fsp3) is 0.206. The number of carbonyl (C=O) groups is 3. The first-order valence-electron chi connectivity index (χ1n) is 14.3. The summed E-state index contributed by atoms with van der Waals surface area (Å²) >= 11 is 6.26. The van der Waals surface area contributed by atoms with Crippen LogP contribution in [0.1, 0.15) is 29.5 Å². The molecule has 0 spiro atoms. The molecule has 1 N–H and O–H groups in total. The van der Waals surface area contributed by atoms with E-state index in [0.717, 1.165) is 11.1 Å². The number of aromatic nitrogens is 3. The van der Waals surface area contributed by atoms with Gasteiger partial charge in [0.15, 0.2) is 5.82 Å². The van der Waals surface area contributed by atoms with Crippen molar-refractivity contribution < 1.29 is 23.2 Å². The van der Waals surface area contributed by atoms with Crippen LogP contribution in [0.2, 0.25) is 5.02 Å². The lowest BCUT2D eigenvalue weighted by molar-refractivity contribution is -0.136. The number of rotatable bonds is 6. The third-order valence-corrected chi connectivity index (χ3v) is 8.31. The normalized spacial score (nSPS) is 16.2. The van der Waals surface area contributed by atoms with Crippen LogP contribution in [-0.4, -0.2) is 55.9 Å². The summed E-state index contributed by atoms with van der Waals surface area (Å²) in [4.78, 5) is 49.2. The van der Waals surface area contributed by atoms with Gasteiger partial charge in [0.05, 0.1) is 24.2 Å². The Balaban J connectivity index is 1.25. The number of hydrogen-bond acceptors (Lipinski definition) is 5. The number of nitrogens with zero attached hydrogens (tertiary/aromatic N) is 4. The number of nitrogens with one attached hydrogen (secondary N) is 1. The van der Waals surface area contributed by atoms with Gasteiger partial charge in [0.2, 0.25) is 17.7 Å². The van der Waals surface area contributed by atoms with Crippen molar-refractivity contribution in [3.05, 3.63) is 101 Å². The molecule has 0 unspecified atom stereocenters. The van der Waals surface area contributed by atoms with Crippen molar-refractivity contribution in [2.24, 2.45) is 0 Å². The molecule has 2 atom stereocenters. The van der Waals surface area contributed by atoms with E-state index in [0.29, 0.717) is 32.9 Å². The first-order chi connectivity index (χ1) is 21.6. The molecule has 0 aliphatic carbocycles. The Morgan fingerprint density at radius 1 is 1.00 bits per heavy atom. The molecule has 1 aliphatic rings. The van der Waals surface area contributed by atoms with Crippen molar-refractivity contribution in [1.29, 1.82) is 0 Å². The summed E-state index contributed by atoms with van der Waals surface area (Å²) in [5.74, 6) is -1.50. The lowest BCUT2D eigenvalue weighted by Crippen LogP contribution is -2.44. The second kappa shape index (κ2) is 12.2. The zero-order valence-electron chi connectivity index (χ0n) is 24.4. The number of carbonyl (C=O) groups excluding carboxylic acids is 3. The van der Waals surface area contributed by atoms with Gasteiger partial charge in [-0.1, -0.05) is 54.1 Å². The lowest BCUT2D eigenvalue weighted by atomic mass is 10.0. The molecule has 1 saturated heterocycles. The van der Waals surface area contributed by atoms with Gasteiger partial charge in [-0.25, -0.2) is 18.7 Å². The molecule has 11 heteroatoms. The molecular formula is C34H28ClF2N5O3. The van der Waals surface area contributed by atoms with Crippen LogP contribution in [0.15, 0.2) is 79.3 Å². The predicted octanol–water partition coefficient (Wildman–Crippen LogP) is 6.65. The van der Waals surface area contributed by atoms with Crippen molar-refractivity contribution in [1.82, 2.24) is 19.4 Å². The van der Waals surface area contributed by atoms with Crippen LogP contribution in [0.25, 0.3) is 33.2 Å². The predicted molar refractivity (Wildman–Crippen MR) is 168 cm³/mol. The molecule has 228 valence electrons. The maximum Gasteiger partial charge on any atom is 0.247 e. The van der Waals surface area contributed by atoms with E-state index in [-0.39, 0.29) is 36.5 Å². The number of likely N-dealkylation sites (tertiary alicyclic amines) is 1. The van der Waals surface area contributed by atoms with Gasteiger partial charge in [0.1, 0.15) is 18.0 Å². The van der Waals surface area contributed by atoms with Crippen LogP contribution in [0.5, 0.6) is 0 Å². The maximum absolute atomic E-state index is 15.5. The number of aryl methyl sites for hydroxylation is 1. The second-order valence-corrected chi connectivity index (χ2v) is 11.4. The average Bonchev–Trinajstić information content (AvgIpc) is 3.59. The van der Waals surface area contributed by atoms with Crippen molar-refractivity contribution in [3.63, 3.8) is 0 Å². The Hall–Kier alpha value is -4.96. The highest BCUT2D eigenvalue weighted by Gasteiger charge is 2.40. The number of benzene rings is 3. The van der Waals surface area contributed by atoms with E-state index in [1.807, 2.05) is 18.2 Å². The quantitative estimate of drug-likeness (QED) is 0.227. The van der Waals surface area contributed by atoms with Crippen molar-refractivity contribution >= 4 is 45.9 Å². The van der Waals surface area contributed by atoms with Gasteiger partial charge in [0.25, 0.3) is 0 Å². The van der Waals surface area contributed by atoms with Crippen molar-refractivity contribution in [2.45, 2.75) is 38.9 Å². The first kappa shape index (κ1) is 30.1. The Bertz CT molecular complexity index is 1960. The van der Waals surface area contributed by atoms with Gasteiger partial charge < -0.3 is 10.2 Å². The molecule has 0 radical (unpaired) electrons. The van der Waals surface area contributed by atoms with Crippen LogP contribution < -0.4 is 5.32 Å². The summed E-state index contributed by atoms with van der Waals surface area (Å²) in [6.07, 6.45) is 3.16. The maximum atomic E-state index is 15.5. The highest BCUT2D eigenvalue weighted by Crippen LogP contribution is 2.34. The third-order valence-electron chi connectivity index (χ3n) is 7.98. The molecule has 3 aromatic carbocycles. The Morgan fingerprint density at radius 3 is 2.47 bits per heavy atom. The van der Waals surface area contributed by atoms with E-state index in [1.165, 1.54) is 22.5 Å². The van der Waals surface area contributed by atoms with E-state index in [4.69, 9.17) is 11.6 Å². The molecule has 1 aliphatic heterocycles. The molecular weight excluding hydrogens is 600 g/mol. The van der Waals surface area contributed by atoms with Crippen LogP contribution in [0, 0.1) is 12.7 Å². The number of anilines is 1. The number of fused-ring (bicyclic) bond motifs is 1. The monoisotopic (exact) mass is 627 g/mol. The molecule has 0 saturated carbocycles. The largest absolute Gasteiger partial charge is 0.327 e. The summed E-state index contributed by atoms with van der Waals surface area (Å²) in [7, 11) is 0. The fourth-order valence-corrected chi connectivity index (χ4v) is 5.96. The molecule has 6 rings (SSSR count). The standard InChI is InChI=1S/C34H28ClF2N5O3/c1-19-38-15-23(16-39-19)21-10-11-25-22(17-41(20(2)43)30(25)12-21)13-32(44)42-18-24(36)14-31(42)34(45)40-29-9-5-7-27(33(29)37)26-6-3-4-8-28(26)35/h3-12,15-17,24,31H,13-14,18H2,1-2H3,(H,40,45)/t24-,31+/m1/s1. The van der Waals surface area contributed by atoms with Crippen LogP contribution in [0.3, 0.4) is 0 Å². The van der Waals surface area contributed by atoms with Crippen LogP contribution in [-0.2, 0) is 16.0 Å². The smallest absolute Gasteiger partial charge is 0.247 e. The van der Waals surface area contributed by atoms with Gasteiger partial charge in [-0.2, -0.15) is 0 Å². The number of hydrogen-bond donors (Lipinski definition) is 1. The minimum Gasteiger partial charge on any atom is -0.327 e. The summed E-state index contributed by atoms with van der Waals surface area (Å²) in [5.41, 5.74) is 3.26. The number of alkyl halides is 1. The second-order valence-electron chi connectivity index (χ2n) is 11.0. The van der Waals surface area contributed by atoms with E-state index in [2.05, 4.69) is 15.3 Å².